The molecule has 1 aromatic rings. The number of esters is 1. The van der Waals surface area contributed by atoms with Crippen molar-refractivity contribution < 1.29 is 18.3 Å². The highest BCUT2D eigenvalue weighted by molar-refractivity contribution is 5.75. The number of unbranched alkanes of at least 4 members (excludes halogenated alkanes) is 1. The molecule has 0 aromatic carbocycles. The number of hydrogen-bond donors (Lipinski definition) is 0. The van der Waals surface area contributed by atoms with E-state index < -0.39 is 11.8 Å². The van der Waals surface area contributed by atoms with Crippen molar-refractivity contribution in [2.75, 3.05) is 0 Å². The van der Waals surface area contributed by atoms with E-state index in [0.717, 1.165) is 55.7 Å². The van der Waals surface area contributed by atoms with Gasteiger partial charge in [0.25, 0.3) is 0 Å². The van der Waals surface area contributed by atoms with E-state index in [1.807, 2.05) is 0 Å². The molecule has 2 aliphatic carbocycles. The maximum atomic E-state index is 13.2. The van der Waals surface area contributed by atoms with Gasteiger partial charge in [-0.3, -0.25) is 4.79 Å². The molecule has 2 saturated carbocycles. The first-order valence-corrected chi connectivity index (χ1v) is 10.6. The van der Waals surface area contributed by atoms with Gasteiger partial charge in [0.15, 0.2) is 11.6 Å². The summed E-state index contributed by atoms with van der Waals surface area (Å²) in [6.07, 6.45) is 14.3. The molecule has 0 saturated heterocycles. The molecule has 0 spiro atoms. The van der Waals surface area contributed by atoms with Crippen molar-refractivity contribution in [3.63, 3.8) is 0 Å². The van der Waals surface area contributed by atoms with Crippen molar-refractivity contribution in [2.45, 2.75) is 77.6 Å². The third-order valence-corrected chi connectivity index (χ3v) is 6.62. The average molecular weight is 379 g/mol. The van der Waals surface area contributed by atoms with Crippen molar-refractivity contribution in [3.8, 4) is 5.75 Å². The topological polar surface area (TPSA) is 39.2 Å². The van der Waals surface area contributed by atoms with E-state index in [-0.39, 0.29) is 17.6 Å². The molecule has 150 valence electrons. The minimum Gasteiger partial charge on any atom is -0.425 e. The Morgan fingerprint density at radius 2 is 1.70 bits per heavy atom. The van der Waals surface area contributed by atoms with E-state index in [4.69, 9.17) is 4.74 Å². The zero-order chi connectivity index (χ0) is 19.2. The van der Waals surface area contributed by atoms with Crippen LogP contribution in [0.15, 0.2) is 12.3 Å². The van der Waals surface area contributed by atoms with Gasteiger partial charge in [-0.05, 0) is 56.3 Å². The minimum absolute atomic E-state index is 0.0218. The first-order chi connectivity index (χ1) is 13.1. The smallest absolute Gasteiger partial charge is 0.314 e. The van der Waals surface area contributed by atoms with E-state index >= 15 is 0 Å². The number of halogens is 2. The maximum absolute atomic E-state index is 13.2. The lowest BCUT2D eigenvalue weighted by Crippen LogP contribution is -2.30. The molecule has 0 N–H and O–H groups in total. The molecule has 27 heavy (non-hydrogen) atoms. The zero-order valence-electron chi connectivity index (χ0n) is 16.3. The number of carbonyl (C=O) groups is 1. The summed E-state index contributed by atoms with van der Waals surface area (Å²) < 4.78 is 31.3. The number of nitrogens with zero attached hydrogens (tertiary/aromatic N) is 1. The largest absolute Gasteiger partial charge is 0.425 e. The van der Waals surface area contributed by atoms with Crippen LogP contribution in [0.5, 0.6) is 5.75 Å². The molecule has 0 bridgehead atoms. The zero-order valence-corrected chi connectivity index (χ0v) is 16.3. The van der Waals surface area contributed by atoms with Crippen molar-refractivity contribution in [1.29, 1.82) is 0 Å². The van der Waals surface area contributed by atoms with Gasteiger partial charge in [0.2, 0.25) is 5.95 Å². The van der Waals surface area contributed by atoms with E-state index in [2.05, 4.69) is 11.9 Å². The van der Waals surface area contributed by atoms with Crippen LogP contribution in [-0.2, 0) is 4.79 Å². The summed E-state index contributed by atoms with van der Waals surface area (Å²) in [5.74, 6) is -0.317. The van der Waals surface area contributed by atoms with Crippen molar-refractivity contribution in [3.05, 3.63) is 24.0 Å². The van der Waals surface area contributed by atoms with Gasteiger partial charge in [-0.1, -0.05) is 39.0 Å². The molecule has 5 heteroatoms. The van der Waals surface area contributed by atoms with Crippen molar-refractivity contribution in [1.82, 2.24) is 4.98 Å². The van der Waals surface area contributed by atoms with Crippen LogP contribution < -0.4 is 4.74 Å². The van der Waals surface area contributed by atoms with Gasteiger partial charge in [0.05, 0.1) is 12.1 Å². The van der Waals surface area contributed by atoms with Crippen LogP contribution in [0.3, 0.4) is 0 Å². The summed E-state index contributed by atoms with van der Waals surface area (Å²) >= 11 is 0. The number of carbonyl (C=O) groups excluding carboxylic acids is 1. The molecule has 0 aliphatic heterocycles. The van der Waals surface area contributed by atoms with Crippen LogP contribution in [0, 0.1) is 35.4 Å². The molecule has 0 unspecified atom stereocenters. The summed E-state index contributed by atoms with van der Waals surface area (Å²) in [5, 5.41) is 0. The van der Waals surface area contributed by atoms with Crippen LogP contribution in [0.1, 0.15) is 77.6 Å². The Morgan fingerprint density at radius 3 is 2.30 bits per heavy atom. The highest BCUT2D eigenvalue weighted by Crippen LogP contribution is 2.42. The van der Waals surface area contributed by atoms with Gasteiger partial charge >= 0.3 is 5.97 Å². The highest BCUT2D eigenvalue weighted by Gasteiger charge is 2.33. The predicted octanol–water partition coefficient (Wildman–Crippen LogP) is 6.07. The SMILES string of the molecule is CCCC[C@H]1CC[C@H]([C@H]2CC[C@H](C(=O)Oc3cnc(F)c(F)c3)CC2)CC1. The molecule has 0 radical (unpaired) electrons. The third kappa shape index (κ3) is 5.49. The summed E-state index contributed by atoms with van der Waals surface area (Å²) in [7, 11) is 0. The lowest BCUT2D eigenvalue weighted by Gasteiger charge is -2.37. The Hall–Kier alpha value is -1.52. The number of hydrogen-bond acceptors (Lipinski definition) is 3. The standard InChI is InChI=1S/C22H31F2NO2/c1-2-3-4-15-5-7-16(8-6-15)17-9-11-18(12-10-17)22(26)27-19-13-20(23)21(24)25-14-19/h13-18H,2-12H2,1H3/t15-,16-,17-,18-. The average Bonchev–Trinajstić information content (AvgIpc) is 2.70. The number of aromatic nitrogens is 1. The van der Waals surface area contributed by atoms with Gasteiger partial charge in [0, 0.05) is 6.07 Å². The molecule has 1 aromatic heterocycles. The Morgan fingerprint density at radius 1 is 1.07 bits per heavy atom. The first kappa shape index (κ1) is 20.2. The van der Waals surface area contributed by atoms with Gasteiger partial charge in [-0.2, -0.15) is 4.39 Å². The summed E-state index contributed by atoms with van der Waals surface area (Å²) in [4.78, 5) is 15.6. The lowest BCUT2D eigenvalue weighted by molar-refractivity contribution is -0.140. The molecule has 1 heterocycles. The van der Waals surface area contributed by atoms with Gasteiger partial charge in [0.1, 0.15) is 0 Å². The maximum Gasteiger partial charge on any atom is 0.314 e. The van der Waals surface area contributed by atoms with Gasteiger partial charge < -0.3 is 4.74 Å². The quantitative estimate of drug-likeness (QED) is 0.445. The molecular weight excluding hydrogens is 348 g/mol. The number of rotatable bonds is 6. The molecule has 0 atom stereocenters. The van der Waals surface area contributed by atoms with E-state index in [1.54, 1.807) is 0 Å². The van der Waals surface area contributed by atoms with Gasteiger partial charge in [-0.15, -0.1) is 0 Å². The van der Waals surface area contributed by atoms with Crippen LogP contribution in [0.4, 0.5) is 8.78 Å². The summed E-state index contributed by atoms with van der Waals surface area (Å²) in [6, 6.07) is 0.878. The fraction of sp³-hybridized carbons (Fsp3) is 0.727. The van der Waals surface area contributed by atoms with E-state index in [1.165, 1.54) is 44.9 Å². The van der Waals surface area contributed by atoms with E-state index in [9.17, 15) is 13.6 Å². The Kier molecular flexibility index (Phi) is 7.20. The van der Waals surface area contributed by atoms with Crippen LogP contribution in [0.2, 0.25) is 0 Å². The lowest BCUT2D eigenvalue weighted by atomic mass is 9.68. The number of ether oxygens (including phenoxy) is 1. The van der Waals surface area contributed by atoms with Crippen LogP contribution in [0.25, 0.3) is 0 Å². The van der Waals surface area contributed by atoms with Crippen LogP contribution >= 0.6 is 0 Å². The molecule has 3 nitrogen and oxygen atoms in total. The third-order valence-electron chi connectivity index (χ3n) is 6.62. The second-order valence-electron chi connectivity index (χ2n) is 8.40. The first-order valence-electron chi connectivity index (χ1n) is 10.6. The summed E-state index contributed by atoms with van der Waals surface area (Å²) in [6.45, 7) is 2.26. The highest BCUT2D eigenvalue weighted by atomic mass is 19.2. The second-order valence-corrected chi connectivity index (χ2v) is 8.40. The van der Waals surface area contributed by atoms with E-state index in [0.29, 0.717) is 0 Å². The Balaban J connectivity index is 1.42. The minimum atomic E-state index is -1.18. The number of pyridine rings is 1. The Bertz CT molecular complexity index is 621. The second kappa shape index (κ2) is 9.61. The fourth-order valence-electron chi connectivity index (χ4n) is 4.93. The summed E-state index contributed by atoms with van der Waals surface area (Å²) in [5.41, 5.74) is 0. The molecule has 2 aliphatic rings. The molecule has 2 fully saturated rings. The van der Waals surface area contributed by atoms with Gasteiger partial charge in [-0.25, -0.2) is 9.37 Å². The molecular formula is C22H31F2NO2. The van der Waals surface area contributed by atoms with Crippen LogP contribution in [-0.4, -0.2) is 11.0 Å². The predicted molar refractivity (Wildman–Crippen MR) is 100 cm³/mol. The molecule has 3 rings (SSSR count). The normalized spacial score (nSPS) is 28.7. The monoisotopic (exact) mass is 379 g/mol. The van der Waals surface area contributed by atoms with Crippen molar-refractivity contribution in [2.24, 2.45) is 23.7 Å². The Labute approximate surface area is 160 Å². The fourth-order valence-corrected chi connectivity index (χ4v) is 4.93. The van der Waals surface area contributed by atoms with Crippen molar-refractivity contribution >= 4 is 5.97 Å². The molecule has 0 amide bonds.